The van der Waals surface area contributed by atoms with Gasteiger partial charge in [0, 0.05) is 12.6 Å². The molecule has 0 saturated carbocycles. The Hall–Kier alpha value is -1.26. The van der Waals surface area contributed by atoms with Gasteiger partial charge < -0.3 is 14.7 Å². The van der Waals surface area contributed by atoms with E-state index in [0.717, 1.165) is 0 Å². The van der Waals surface area contributed by atoms with Crippen molar-refractivity contribution in [3.63, 3.8) is 0 Å². The molecule has 0 aromatic carbocycles. The third kappa shape index (κ3) is 3.19. The van der Waals surface area contributed by atoms with Crippen LogP contribution >= 0.6 is 0 Å². The van der Waals surface area contributed by atoms with Crippen LogP contribution in [0.1, 0.15) is 53.9 Å². The van der Waals surface area contributed by atoms with Gasteiger partial charge in [0.1, 0.15) is 5.60 Å². The number of ether oxygens (including phenoxy) is 1. The summed E-state index contributed by atoms with van der Waals surface area (Å²) in [5, 5.41) is 9.51. The van der Waals surface area contributed by atoms with Crippen LogP contribution in [-0.2, 0) is 9.53 Å². The second-order valence-electron chi connectivity index (χ2n) is 6.27. The Kier molecular flexibility index (Phi) is 4.48. The van der Waals surface area contributed by atoms with Crippen LogP contribution in [0.5, 0.6) is 0 Å². The number of carbonyl (C=O) groups is 2. The van der Waals surface area contributed by atoms with Crippen molar-refractivity contribution >= 4 is 12.1 Å². The van der Waals surface area contributed by atoms with Crippen LogP contribution in [0.25, 0.3) is 0 Å². The average Bonchev–Trinajstić information content (AvgIpc) is 2.26. The maximum Gasteiger partial charge on any atom is 0.410 e. The van der Waals surface area contributed by atoms with E-state index in [1.807, 2.05) is 27.7 Å². The normalized spacial score (nSPS) is 28.1. The Balaban J connectivity index is 2.92. The van der Waals surface area contributed by atoms with Crippen molar-refractivity contribution in [1.29, 1.82) is 0 Å². The van der Waals surface area contributed by atoms with Crippen molar-refractivity contribution in [1.82, 2.24) is 4.90 Å². The number of carboxylic acid groups (broad SMARTS) is 1. The number of nitrogens with zero attached hydrogens (tertiary/aromatic N) is 1. The monoisotopic (exact) mass is 271 g/mol. The molecule has 5 nitrogen and oxygen atoms in total. The zero-order chi connectivity index (χ0) is 14.8. The Morgan fingerprint density at radius 3 is 2.42 bits per heavy atom. The lowest BCUT2D eigenvalue weighted by Crippen LogP contribution is -2.56. The van der Waals surface area contributed by atoms with Crippen LogP contribution in [-0.4, -0.2) is 40.3 Å². The third-order valence-electron chi connectivity index (χ3n) is 3.97. The Labute approximate surface area is 114 Å². The fraction of sp³-hybridized carbons (Fsp3) is 0.857. The molecule has 0 aromatic heterocycles. The van der Waals surface area contributed by atoms with Crippen LogP contribution in [0.3, 0.4) is 0 Å². The van der Waals surface area contributed by atoms with Gasteiger partial charge in [-0.15, -0.1) is 0 Å². The molecule has 1 aliphatic heterocycles. The quantitative estimate of drug-likeness (QED) is 0.838. The standard InChI is InChI=1S/C14H25NO4/c1-6-14(11(16)17)8-7-9-15(10(14)2)12(18)19-13(3,4)5/h10H,6-9H2,1-5H3,(H,16,17)/t10-,14-/m1/s1. The Morgan fingerprint density at radius 2 is 2.00 bits per heavy atom. The number of piperidine rings is 1. The fourth-order valence-electron chi connectivity index (χ4n) is 2.74. The van der Waals surface area contributed by atoms with E-state index in [1.54, 1.807) is 11.8 Å². The first-order chi connectivity index (χ1) is 8.64. The predicted octanol–water partition coefficient (Wildman–Crippen LogP) is 2.89. The molecule has 0 aliphatic carbocycles. The van der Waals surface area contributed by atoms with Gasteiger partial charge in [-0.1, -0.05) is 6.92 Å². The summed E-state index contributed by atoms with van der Waals surface area (Å²) >= 11 is 0. The lowest BCUT2D eigenvalue weighted by atomic mass is 9.72. The molecule has 0 unspecified atom stereocenters. The topological polar surface area (TPSA) is 66.8 Å². The van der Waals surface area contributed by atoms with Gasteiger partial charge in [-0.3, -0.25) is 4.79 Å². The van der Waals surface area contributed by atoms with E-state index in [0.29, 0.717) is 25.8 Å². The van der Waals surface area contributed by atoms with Crippen LogP contribution in [0.4, 0.5) is 4.79 Å². The Bertz CT molecular complexity index is 361. The number of hydrogen-bond acceptors (Lipinski definition) is 3. The van der Waals surface area contributed by atoms with E-state index < -0.39 is 23.1 Å². The predicted molar refractivity (Wildman–Crippen MR) is 72.0 cm³/mol. The number of hydrogen-bond donors (Lipinski definition) is 1. The SMILES string of the molecule is CC[C@@]1(C(=O)O)CCCN(C(=O)OC(C)(C)C)[C@@H]1C. The average molecular weight is 271 g/mol. The van der Waals surface area contributed by atoms with E-state index in [-0.39, 0.29) is 6.04 Å². The summed E-state index contributed by atoms with van der Waals surface area (Å²) < 4.78 is 5.36. The maximum atomic E-state index is 12.2. The van der Waals surface area contributed by atoms with Gasteiger partial charge >= 0.3 is 12.1 Å². The smallest absolute Gasteiger partial charge is 0.410 e. The van der Waals surface area contributed by atoms with Gasteiger partial charge in [0.2, 0.25) is 0 Å². The van der Waals surface area contributed by atoms with Crippen LogP contribution < -0.4 is 0 Å². The highest BCUT2D eigenvalue weighted by molar-refractivity contribution is 5.78. The molecule has 1 aliphatic rings. The number of aliphatic carboxylic acids is 1. The van der Waals surface area contributed by atoms with Crippen molar-refractivity contribution in [3.8, 4) is 0 Å². The van der Waals surface area contributed by atoms with Crippen molar-refractivity contribution in [3.05, 3.63) is 0 Å². The summed E-state index contributed by atoms with van der Waals surface area (Å²) in [6.07, 6.45) is 1.41. The molecule has 1 rings (SSSR count). The van der Waals surface area contributed by atoms with Gasteiger partial charge in [0.05, 0.1) is 5.41 Å². The summed E-state index contributed by atoms with van der Waals surface area (Å²) in [4.78, 5) is 25.3. The van der Waals surface area contributed by atoms with E-state index in [1.165, 1.54) is 0 Å². The lowest BCUT2D eigenvalue weighted by Gasteiger charge is -2.45. The molecule has 5 heteroatoms. The number of carboxylic acids is 1. The summed E-state index contributed by atoms with van der Waals surface area (Å²) in [6, 6.07) is -0.349. The van der Waals surface area contributed by atoms with E-state index >= 15 is 0 Å². The van der Waals surface area contributed by atoms with Crippen molar-refractivity contribution < 1.29 is 19.4 Å². The van der Waals surface area contributed by atoms with Gasteiger partial charge in [0.15, 0.2) is 0 Å². The molecule has 0 spiro atoms. The number of amides is 1. The van der Waals surface area contributed by atoms with Gasteiger partial charge in [0.25, 0.3) is 0 Å². The highest BCUT2D eigenvalue weighted by Crippen LogP contribution is 2.39. The van der Waals surface area contributed by atoms with E-state index in [4.69, 9.17) is 4.74 Å². The van der Waals surface area contributed by atoms with Crippen LogP contribution in [0.15, 0.2) is 0 Å². The van der Waals surface area contributed by atoms with Crippen molar-refractivity contribution in [2.45, 2.75) is 65.5 Å². The summed E-state index contributed by atoms with van der Waals surface area (Å²) in [5.74, 6) is -0.823. The van der Waals surface area contributed by atoms with Gasteiger partial charge in [-0.2, -0.15) is 0 Å². The molecule has 2 atom stereocenters. The molecule has 1 saturated heterocycles. The molecule has 1 fully saturated rings. The van der Waals surface area contributed by atoms with Crippen molar-refractivity contribution in [2.24, 2.45) is 5.41 Å². The molecule has 1 amide bonds. The summed E-state index contributed by atoms with van der Waals surface area (Å²) in [5.41, 5.74) is -1.42. The molecule has 0 aromatic rings. The zero-order valence-electron chi connectivity index (χ0n) is 12.5. The fourth-order valence-corrected chi connectivity index (χ4v) is 2.74. The molecular weight excluding hydrogens is 246 g/mol. The van der Waals surface area contributed by atoms with E-state index in [9.17, 15) is 14.7 Å². The Morgan fingerprint density at radius 1 is 1.42 bits per heavy atom. The largest absolute Gasteiger partial charge is 0.481 e. The number of likely N-dealkylation sites (tertiary alicyclic amines) is 1. The maximum absolute atomic E-state index is 12.2. The third-order valence-corrected chi connectivity index (χ3v) is 3.97. The molecule has 1 heterocycles. The van der Waals surface area contributed by atoms with Crippen LogP contribution in [0, 0.1) is 5.41 Å². The minimum absolute atomic E-state index is 0.349. The highest BCUT2D eigenvalue weighted by atomic mass is 16.6. The summed E-state index contributed by atoms with van der Waals surface area (Å²) in [7, 11) is 0. The first-order valence-electron chi connectivity index (χ1n) is 6.87. The minimum Gasteiger partial charge on any atom is -0.481 e. The molecule has 0 radical (unpaired) electrons. The second-order valence-corrected chi connectivity index (χ2v) is 6.27. The molecule has 1 N–H and O–H groups in total. The highest BCUT2D eigenvalue weighted by Gasteiger charge is 2.49. The zero-order valence-corrected chi connectivity index (χ0v) is 12.5. The lowest BCUT2D eigenvalue weighted by molar-refractivity contribution is -0.156. The minimum atomic E-state index is -0.852. The van der Waals surface area contributed by atoms with Crippen molar-refractivity contribution in [2.75, 3.05) is 6.54 Å². The first-order valence-corrected chi connectivity index (χ1v) is 6.87. The molecular formula is C14H25NO4. The molecule has 19 heavy (non-hydrogen) atoms. The number of carbonyl (C=O) groups excluding carboxylic acids is 1. The van der Waals surface area contributed by atoms with E-state index in [2.05, 4.69) is 0 Å². The van der Waals surface area contributed by atoms with Gasteiger partial charge in [-0.05, 0) is 47.0 Å². The second kappa shape index (κ2) is 5.39. The molecule has 0 bridgehead atoms. The summed E-state index contributed by atoms with van der Waals surface area (Å²) in [6.45, 7) is 9.66. The van der Waals surface area contributed by atoms with Crippen LogP contribution in [0.2, 0.25) is 0 Å². The number of rotatable bonds is 2. The van der Waals surface area contributed by atoms with Gasteiger partial charge in [-0.25, -0.2) is 4.79 Å². The first kappa shape index (κ1) is 15.8. The molecule has 110 valence electrons.